The van der Waals surface area contributed by atoms with Crippen molar-refractivity contribution in [2.75, 3.05) is 32.8 Å². The van der Waals surface area contributed by atoms with Gasteiger partial charge in [0.2, 0.25) is 0 Å². The highest BCUT2D eigenvalue weighted by atomic mass is 35.5. The Morgan fingerprint density at radius 3 is 2.52 bits per heavy atom. The Bertz CT molecular complexity index is 836. The van der Waals surface area contributed by atoms with Crippen molar-refractivity contribution in [1.29, 1.82) is 0 Å². The fourth-order valence-electron chi connectivity index (χ4n) is 3.89. The van der Waals surface area contributed by atoms with Gasteiger partial charge < -0.3 is 19.5 Å². The zero-order valence-electron chi connectivity index (χ0n) is 16.6. The Morgan fingerprint density at radius 1 is 1.03 bits per heavy atom. The van der Waals surface area contributed by atoms with Gasteiger partial charge in [-0.3, -0.25) is 4.90 Å². The largest absolute Gasteiger partial charge is 0.573 e. The Balaban J connectivity index is 0.00000171. The van der Waals surface area contributed by atoms with E-state index in [2.05, 4.69) is 21.0 Å². The van der Waals surface area contributed by atoms with Gasteiger partial charge in [-0.15, -0.1) is 38.0 Å². The van der Waals surface area contributed by atoms with E-state index >= 15 is 0 Å². The van der Waals surface area contributed by atoms with Crippen LogP contribution in [0.1, 0.15) is 17.2 Å². The van der Waals surface area contributed by atoms with Crippen molar-refractivity contribution in [2.24, 2.45) is 0 Å². The van der Waals surface area contributed by atoms with Crippen molar-refractivity contribution in [1.82, 2.24) is 10.2 Å². The van der Waals surface area contributed by atoms with Gasteiger partial charge in [-0.05, 0) is 23.8 Å². The highest BCUT2D eigenvalue weighted by Crippen LogP contribution is 2.38. The monoisotopic (exact) mass is 480 g/mol. The molecular formula is C21H25Cl2F3N2O3. The van der Waals surface area contributed by atoms with Gasteiger partial charge in [0, 0.05) is 31.7 Å². The minimum atomic E-state index is -4.71. The molecule has 4 rings (SSSR count). The summed E-state index contributed by atoms with van der Waals surface area (Å²) in [4.78, 5) is 2.38. The first-order valence-corrected chi connectivity index (χ1v) is 9.62. The SMILES string of the molecule is Cl.Cl.FC(F)(F)Oc1cccc(CO[C@H]2COc3ccccc3[C@@H]2N2CCNCC2)c1. The normalized spacial score (nSPS) is 21.1. The van der Waals surface area contributed by atoms with E-state index in [-0.39, 0.29) is 49.3 Å². The standard InChI is InChI=1S/C21H23F3N2O3.2ClH/c22-21(23,24)29-16-5-3-4-15(12-16)13-27-19-14-28-18-7-2-1-6-17(18)20(19)26-10-8-25-9-11-26;;/h1-7,12,19-20,25H,8-11,13-14H2;2*1H/t19-,20-;;/m0../s1. The molecule has 5 nitrogen and oxygen atoms in total. The molecule has 0 saturated carbocycles. The number of ether oxygens (including phenoxy) is 3. The van der Waals surface area contributed by atoms with Gasteiger partial charge >= 0.3 is 6.36 Å². The van der Waals surface area contributed by atoms with E-state index in [9.17, 15) is 13.2 Å². The summed E-state index contributed by atoms with van der Waals surface area (Å²) in [6.07, 6.45) is -4.94. The third-order valence-corrected chi connectivity index (χ3v) is 5.13. The lowest BCUT2D eigenvalue weighted by molar-refractivity contribution is -0.274. The predicted octanol–water partition coefficient (Wildman–Crippen LogP) is 4.35. The highest BCUT2D eigenvalue weighted by Gasteiger charge is 2.36. The maximum Gasteiger partial charge on any atom is 0.573 e. The Morgan fingerprint density at radius 2 is 1.77 bits per heavy atom. The van der Waals surface area contributed by atoms with Crippen molar-refractivity contribution in [3.8, 4) is 11.5 Å². The number of nitrogens with one attached hydrogen (secondary N) is 1. The van der Waals surface area contributed by atoms with Crippen LogP contribution in [-0.4, -0.2) is 50.2 Å². The van der Waals surface area contributed by atoms with Crippen LogP contribution in [0.2, 0.25) is 0 Å². The van der Waals surface area contributed by atoms with Crippen molar-refractivity contribution in [2.45, 2.75) is 25.1 Å². The molecular weight excluding hydrogens is 456 g/mol. The van der Waals surface area contributed by atoms with Crippen LogP contribution in [0, 0.1) is 0 Å². The van der Waals surface area contributed by atoms with Crippen LogP contribution < -0.4 is 14.8 Å². The van der Waals surface area contributed by atoms with Gasteiger partial charge in [-0.25, -0.2) is 0 Å². The molecule has 2 aliphatic heterocycles. The second-order valence-corrected chi connectivity index (χ2v) is 7.12. The zero-order chi connectivity index (χ0) is 20.3. The van der Waals surface area contributed by atoms with Crippen LogP contribution >= 0.6 is 24.8 Å². The molecule has 1 N–H and O–H groups in total. The molecule has 2 heterocycles. The smallest absolute Gasteiger partial charge is 0.490 e. The summed E-state index contributed by atoms with van der Waals surface area (Å²) in [6.45, 7) is 4.17. The second kappa shape index (κ2) is 11.2. The summed E-state index contributed by atoms with van der Waals surface area (Å²) in [5.41, 5.74) is 1.70. The summed E-state index contributed by atoms with van der Waals surface area (Å²) in [6, 6.07) is 13.9. The summed E-state index contributed by atoms with van der Waals surface area (Å²) >= 11 is 0. The Hall–Kier alpha value is -1.71. The molecule has 2 aliphatic rings. The summed E-state index contributed by atoms with van der Waals surface area (Å²) < 4.78 is 53.4. The van der Waals surface area contributed by atoms with Gasteiger partial charge in [0.1, 0.15) is 24.2 Å². The van der Waals surface area contributed by atoms with Crippen LogP contribution in [-0.2, 0) is 11.3 Å². The molecule has 2 atom stereocenters. The first-order chi connectivity index (χ1) is 14.0. The molecule has 2 aromatic carbocycles. The van der Waals surface area contributed by atoms with E-state index in [1.54, 1.807) is 6.07 Å². The number of alkyl halides is 3. The molecule has 0 radical (unpaired) electrons. The molecule has 2 aromatic rings. The number of benzene rings is 2. The number of para-hydroxylation sites is 1. The van der Waals surface area contributed by atoms with E-state index < -0.39 is 6.36 Å². The molecule has 0 unspecified atom stereocenters. The van der Waals surface area contributed by atoms with Crippen molar-refractivity contribution >= 4 is 24.8 Å². The first kappa shape index (κ1) is 25.5. The van der Waals surface area contributed by atoms with Crippen molar-refractivity contribution in [3.63, 3.8) is 0 Å². The third kappa shape index (κ3) is 6.63. The van der Waals surface area contributed by atoms with Crippen LogP contribution in [0.25, 0.3) is 0 Å². The second-order valence-electron chi connectivity index (χ2n) is 7.12. The fourth-order valence-corrected chi connectivity index (χ4v) is 3.89. The molecule has 0 spiro atoms. The van der Waals surface area contributed by atoms with E-state index in [0.29, 0.717) is 12.2 Å². The predicted molar refractivity (Wildman–Crippen MR) is 115 cm³/mol. The Labute approximate surface area is 191 Å². The lowest BCUT2D eigenvalue weighted by Crippen LogP contribution is -2.51. The van der Waals surface area contributed by atoms with E-state index in [1.807, 2.05) is 18.2 Å². The summed E-state index contributed by atoms with van der Waals surface area (Å²) in [5, 5.41) is 3.36. The molecule has 0 aromatic heterocycles. The third-order valence-electron chi connectivity index (χ3n) is 5.13. The summed E-state index contributed by atoms with van der Waals surface area (Å²) in [7, 11) is 0. The summed E-state index contributed by atoms with van der Waals surface area (Å²) in [5.74, 6) is 0.610. The van der Waals surface area contributed by atoms with E-state index in [0.717, 1.165) is 37.5 Å². The molecule has 0 amide bonds. The molecule has 1 fully saturated rings. The maximum atomic E-state index is 12.5. The number of hydrogen-bond donors (Lipinski definition) is 1. The maximum absolute atomic E-state index is 12.5. The van der Waals surface area contributed by atoms with E-state index in [4.69, 9.17) is 9.47 Å². The topological polar surface area (TPSA) is 43.0 Å². The van der Waals surface area contributed by atoms with Crippen LogP contribution in [0.15, 0.2) is 48.5 Å². The number of rotatable bonds is 5. The quantitative estimate of drug-likeness (QED) is 0.688. The lowest BCUT2D eigenvalue weighted by atomic mass is 9.95. The molecule has 172 valence electrons. The average molecular weight is 481 g/mol. The average Bonchev–Trinajstić information content (AvgIpc) is 2.71. The highest BCUT2D eigenvalue weighted by molar-refractivity contribution is 5.85. The zero-order valence-corrected chi connectivity index (χ0v) is 18.3. The van der Waals surface area contributed by atoms with Crippen molar-refractivity contribution in [3.05, 3.63) is 59.7 Å². The fraction of sp³-hybridized carbons (Fsp3) is 0.429. The van der Waals surface area contributed by atoms with Gasteiger partial charge in [0.15, 0.2) is 0 Å². The molecule has 1 saturated heterocycles. The molecule has 10 heteroatoms. The van der Waals surface area contributed by atoms with Crippen LogP contribution in [0.5, 0.6) is 11.5 Å². The number of fused-ring (bicyclic) bond motifs is 1. The Kier molecular flexibility index (Phi) is 9.27. The number of piperazine rings is 1. The lowest BCUT2D eigenvalue weighted by Gasteiger charge is -2.42. The van der Waals surface area contributed by atoms with Gasteiger partial charge in [0.05, 0.1) is 12.6 Å². The van der Waals surface area contributed by atoms with Gasteiger partial charge in [-0.2, -0.15) is 0 Å². The number of nitrogens with zero attached hydrogens (tertiary/aromatic N) is 1. The molecule has 0 aliphatic carbocycles. The molecule has 0 bridgehead atoms. The number of halogens is 5. The van der Waals surface area contributed by atoms with Gasteiger partial charge in [0.25, 0.3) is 0 Å². The van der Waals surface area contributed by atoms with E-state index in [1.165, 1.54) is 18.2 Å². The van der Waals surface area contributed by atoms with Crippen molar-refractivity contribution < 1.29 is 27.4 Å². The van der Waals surface area contributed by atoms with Gasteiger partial charge in [-0.1, -0.05) is 30.3 Å². The minimum Gasteiger partial charge on any atom is -0.490 e. The molecule has 31 heavy (non-hydrogen) atoms. The minimum absolute atomic E-state index is 0. The first-order valence-electron chi connectivity index (χ1n) is 9.62. The number of hydrogen-bond acceptors (Lipinski definition) is 5. The van der Waals surface area contributed by atoms with Crippen LogP contribution in [0.3, 0.4) is 0 Å². The van der Waals surface area contributed by atoms with Crippen LogP contribution in [0.4, 0.5) is 13.2 Å².